The second kappa shape index (κ2) is 5.87. The van der Waals surface area contributed by atoms with Crippen molar-refractivity contribution in [1.82, 2.24) is 5.32 Å². The quantitative estimate of drug-likeness (QED) is 0.884. The van der Waals surface area contributed by atoms with E-state index in [0.717, 1.165) is 0 Å². The van der Waals surface area contributed by atoms with E-state index in [0.29, 0.717) is 22.7 Å². The van der Waals surface area contributed by atoms with E-state index in [2.05, 4.69) is 10.6 Å². The molecule has 132 valence electrons. The first-order valence-corrected chi connectivity index (χ1v) is 8.25. The predicted octanol–water partition coefficient (Wildman–Crippen LogP) is 1.90. The van der Waals surface area contributed by atoms with Crippen LogP contribution in [0.4, 0.5) is 11.4 Å². The van der Waals surface area contributed by atoms with E-state index in [1.54, 1.807) is 48.5 Å². The summed E-state index contributed by atoms with van der Waals surface area (Å²) < 4.78 is 5.16. The van der Waals surface area contributed by atoms with Gasteiger partial charge in [0, 0.05) is 24.6 Å². The van der Waals surface area contributed by atoms with Gasteiger partial charge in [0.05, 0.1) is 18.4 Å². The molecule has 2 heterocycles. The maximum absolute atomic E-state index is 13.1. The van der Waals surface area contributed by atoms with Crippen molar-refractivity contribution in [3.8, 4) is 5.75 Å². The Kier molecular flexibility index (Phi) is 3.64. The number of nitrogens with one attached hydrogen (secondary N) is 2. The highest BCUT2D eigenvalue weighted by atomic mass is 16.5. The molecule has 1 fully saturated rings. The van der Waals surface area contributed by atoms with Crippen LogP contribution in [-0.2, 0) is 9.59 Å². The molecular weight excluding hydrogens is 334 g/mol. The topological polar surface area (TPSA) is 87.7 Å². The molecule has 26 heavy (non-hydrogen) atoms. The van der Waals surface area contributed by atoms with E-state index in [1.165, 1.54) is 12.0 Å². The van der Waals surface area contributed by atoms with E-state index in [4.69, 9.17) is 4.74 Å². The summed E-state index contributed by atoms with van der Waals surface area (Å²) >= 11 is 0. The number of fused-ring (bicyclic) bond motifs is 3. The van der Waals surface area contributed by atoms with Gasteiger partial charge in [-0.1, -0.05) is 18.2 Å². The molecule has 4 rings (SSSR count). The number of rotatable bonds is 3. The first-order chi connectivity index (χ1) is 12.5. The number of para-hydroxylation sites is 1. The number of carbonyl (C=O) groups excluding carboxylic acids is 3. The second-order valence-electron chi connectivity index (χ2n) is 6.25. The fourth-order valence-electron chi connectivity index (χ4n) is 3.51. The lowest BCUT2D eigenvalue weighted by atomic mass is 9.98. The van der Waals surface area contributed by atoms with Crippen molar-refractivity contribution in [1.29, 1.82) is 0 Å². The molecule has 0 saturated carbocycles. The summed E-state index contributed by atoms with van der Waals surface area (Å²) in [6, 6.07) is 13.7. The standard InChI is InChI=1S/C19H17N3O4/c1-26-13-6-4-5-12(11-13)20-18(25)19-10-9-16(23)22(19)15-8-3-2-7-14(15)17(24)21-19/h2-8,11H,9-10H2,1H3,(H,20,25)(H,21,24)/t19-/m1/s1. The molecule has 1 saturated heterocycles. The largest absolute Gasteiger partial charge is 0.497 e. The molecule has 7 nitrogen and oxygen atoms in total. The number of benzene rings is 2. The van der Waals surface area contributed by atoms with Gasteiger partial charge in [0.15, 0.2) is 0 Å². The first kappa shape index (κ1) is 16.1. The van der Waals surface area contributed by atoms with Gasteiger partial charge in [-0.05, 0) is 24.3 Å². The van der Waals surface area contributed by atoms with Crippen molar-refractivity contribution in [2.75, 3.05) is 17.3 Å². The van der Waals surface area contributed by atoms with Gasteiger partial charge in [-0.15, -0.1) is 0 Å². The summed E-state index contributed by atoms with van der Waals surface area (Å²) in [6.07, 6.45) is 0.391. The smallest absolute Gasteiger partial charge is 0.271 e. The van der Waals surface area contributed by atoms with Gasteiger partial charge in [-0.3, -0.25) is 19.3 Å². The Morgan fingerprint density at radius 3 is 2.81 bits per heavy atom. The molecule has 0 bridgehead atoms. The second-order valence-corrected chi connectivity index (χ2v) is 6.25. The van der Waals surface area contributed by atoms with Crippen LogP contribution in [0.3, 0.4) is 0 Å². The van der Waals surface area contributed by atoms with Crippen LogP contribution in [0.15, 0.2) is 48.5 Å². The Labute approximate surface area is 149 Å². The minimum atomic E-state index is -1.43. The van der Waals surface area contributed by atoms with Crippen molar-refractivity contribution in [3.05, 3.63) is 54.1 Å². The number of methoxy groups -OCH3 is 1. The van der Waals surface area contributed by atoms with Gasteiger partial charge >= 0.3 is 0 Å². The Morgan fingerprint density at radius 1 is 1.19 bits per heavy atom. The van der Waals surface area contributed by atoms with Crippen molar-refractivity contribution < 1.29 is 19.1 Å². The molecular formula is C19H17N3O4. The molecule has 1 atom stereocenters. The Morgan fingerprint density at radius 2 is 2.00 bits per heavy atom. The van der Waals surface area contributed by atoms with Crippen molar-refractivity contribution in [2.45, 2.75) is 18.5 Å². The maximum Gasteiger partial charge on any atom is 0.271 e. The van der Waals surface area contributed by atoms with E-state index in [9.17, 15) is 14.4 Å². The lowest BCUT2D eigenvalue weighted by Crippen LogP contribution is -2.68. The lowest BCUT2D eigenvalue weighted by molar-refractivity contribution is -0.124. The number of carbonyl (C=O) groups is 3. The highest BCUT2D eigenvalue weighted by Crippen LogP contribution is 2.39. The van der Waals surface area contributed by atoms with Crippen LogP contribution in [0.25, 0.3) is 0 Å². The zero-order valence-electron chi connectivity index (χ0n) is 14.1. The average molecular weight is 351 g/mol. The van der Waals surface area contributed by atoms with Crippen LogP contribution < -0.4 is 20.3 Å². The molecule has 0 unspecified atom stereocenters. The summed E-state index contributed by atoms with van der Waals surface area (Å²) in [4.78, 5) is 39.6. The summed E-state index contributed by atoms with van der Waals surface area (Å²) in [5.74, 6) is -0.428. The minimum absolute atomic E-state index is 0.181. The zero-order valence-corrected chi connectivity index (χ0v) is 14.1. The van der Waals surface area contributed by atoms with Crippen LogP contribution in [0, 0.1) is 0 Å². The molecule has 7 heteroatoms. The van der Waals surface area contributed by atoms with E-state index in [-0.39, 0.29) is 24.7 Å². The van der Waals surface area contributed by atoms with Gasteiger partial charge < -0.3 is 15.4 Å². The number of anilines is 2. The molecule has 3 amide bonds. The SMILES string of the molecule is COc1cccc(NC(=O)[C@@]23CCC(=O)N2c2ccccc2C(=O)N3)c1. The van der Waals surface area contributed by atoms with Crippen LogP contribution in [0.5, 0.6) is 5.75 Å². The van der Waals surface area contributed by atoms with Crippen molar-refractivity contribution in [2.24, 2.45) is 0 Å². The van der Waals surface area contributed by atoms with Gasteiger partial charge in [0.2, 0.25) is 11.6 Å². The maximum atomic E-state index is 13.1. The van der Waals surface area contributed by atoms with E-state index in [1.807, 2.05) is 0 Å². The monoisotopic (exact) mass is 351 g/mol. The van der Waals surface area contributed by atoms with Crippen LogP contribution >= 0.6 is 0 Å². The average Bonchev–Trinajstić information content (AvgIpc) is 3.00. The summed E-state index contributed by atoms with van der Waals surface area (Å²) in [7, 11) is 1.54. The molecule has 0 aromatic heterocycles. The molecule has 0 aliphatic carbocycles. The molecule has 2 N–H and O–H groups in total. The molecule has 2 aromatic carbocycles. The van der Waals surface area contributed by atoms with Crippen LogP contribution in [-0.4, -0.2) is 30.5 Å². The van der Waals surface area contributed by atoms with Gasteiger partial charge in [0.25, 0.3) is 11.8 Å². The number of hydrogen-bond donors (Lipinski definition) is 2. The summed E-state index contributed by atoms with van der Waals surface area (Å²) in [6.45, 7) is 0. The number of nitrogens with zero attached hydrogens (tertiary/aromatic N) is 1. The van der Waals surface area contributed by atoms with E-state index < -0.39 is 11.6 Å². The van der Waals surface area contributed by atoms with E-state index >= 15 is 0 Å². The third-order valence-corrected chi connectivity index (χ3v) is 4.74. The molecule has 2 aliphatic heterocycles. The van der Waals surface area contributed by atoms with Gasteiger partial charge in [0.1, 0.15) is 5.75 Å². The molecule has 2 aromatic rings. The highest BCUT2D eigenvalue weighted by Gasteiger charge is 2.56. The van der Waals surface area contributed by atoms with Crippen molar-refractivity contribution in [3.63, 3.8) is 0 Å². The lowest BCUT2D eigenvalue weighted by Gasteiger charge is -2.41. The first-order valence-electron chi connectivity index (χ1n) is 8.25. The predicted molar refractivity (Wildman–Crippen MR) is 95.0 cm³/mol. The zero-order chi connectivity index (χ0) is 18.3. The molecule has 2 aliphatic rings. The summed E-state index contributed by atoms with van der Waals surface area (Å²) in [5.41, 5.74) is -0.0609. The molecule has 0 radical (unpaired) electrons. The Balaban J connectivity index is 1.73. The highest BCUT2D eigenvalue weighted by molar-refractivity contribution is 6.18. The van der Waals surface area contributed by atoms with Crippen LogP contribution in [0.2, 0.25) is 0 Å². The van der Waals surface area contributed by atoms with Crippen LogP contribution in [0.1, 0.15) is 23.2 Å². The fourth-order valence-corrected chi connectivity index (χ4v) is 3.51. The third kappa shape index (κ3) is 2.32. The normalized spacial score (nSPS) is 20.9. The number of ether oxygens (including phenoxy) is 1. The molecule has 0 spiro atoms. The Hall–Kier alpha value is -3.35. The van der Waals surface area contributed by atoms with Crippen molar-refractivity contribution >= 4 is 29.1 Å². The fraction of sp³-hybridized carbons (Fsp3) is 0.211. The third-order valence-electron chi connectivity index (χ3n) is 4.74. The van der Waals surface area contributed by atoms with Gasteiger partial charge in [-0.25, -0.2) is 0 Å². The van der Waals surface area contributed by atoms with Gasteiger partial charge in [-0.2, -0.15) is 0 Å². The minimum Gasteiger partial charge on any atom is -0.497 e. The number of hydrogen-bond acceptors (Lipinski definition) is 4. The number of amides is 3. The Bertz CT molecular complexity index is 927. The summed E-state index contributed by atoms with van der Waals surface area (Å²) in [5, 5.41) is 5.54.